The highest BCUT2D eigenvalue weighted by atomic mass is 127. The molecule has 0 bridgehead atoms. The van der Waals surface area contributed by atoms with E-state index in [1.165, 1.54) is 6.20 Å². The normalized spacial score (nSPS) is 10.8. The van der Waals surface area contributed by atoms with Crippen molar-refractivity contribution in [1.82, 2.24) is 4.98 Å². The lowest BCUT2D eigenvalue weighted by atomic mass is 10.1. The number of rotatable bonds is 4. The van der Waals surface area contributed by atoms with Gasteiger partial charge in [-0.05, 0) is 28.2 Å². The molecule has 0 atom stereocenters. The van der Waals surface area contributed by atoms with Gasteiger partial charge in [-0.15, -0.1) is 0 Å². The molecule has 0 saturated heterocycles. The van der Waals surface area contributed by atoms with E-state index in [4.69, 9.17) is 5.11 Å². The SMILES string of the molecule is O=C(O)Cc1ncc(CBr)c(C(F)F)c1I. The molecule has 0 unspecified atom stereocenters. The first-order chi connectivity index (χ1) is 7.47. The second kappa shape index (κ2) is 5.85. The Morgan fingerprint density at radius 2 is 2.25 bits per heavy atom. The van der Waals surface area contributed by atoms with Gasteiger partial charge in [0.15, 0.2) is 0 Å². The third kappa shape index (κ3) is 3.09. The molecule has 16 heavy (non-hydrogen) atoms. The fourth-order valence-corrected chi connectivity index (χ4v) is 2.55. The molecule has 0 spiro atoms. The lowest BCUT2D eigenvalue weighted by Gasteiger charge is -2.11. The van der Waals surface area contributed by atoms with Crippen LogP contribution in [0.1, 0.15) is 23.2 Å². The summed E-state index contributed by atoms with van der Waals surface area (Å²) in [5, 5.41) is 8.87. The van der Waals surface area contributed by atoms with Crippen molar-refractivity contribution < 1.29 is 18.7 Å². The molecule has 1 N–H and O–H groups in total. The third-order valence-electron chi connectivity index (χ3n) is 1.89. The van der Waals surface area contributed by atoms with E-state index in [2.05, 4.69) is 20.9 Å². The Hall–Kier alpha value is -0.310. The number of halogens is 4. The molecule has 0 aromatic carbocycles. The predicted molar refractivity (Wildman–Crippen MR) is 65.9 cm³/mol. The smallest absolute Gasteiger partial charge is 0.309 e. The van der Waals surface area contributed by atoms with E-state index in [-0.39, 0.29) is 26.6 Å². The van der Waals surface area contributed by atoms with Crippen LogP contribution in [0.5, 0.6) is 0 Å². The van der Waals surface area contributed by atoms with Crippen molar-refractivity contribution in [2.75, 3.05) is 0 Å². The fourth-order valence-electron chi connectivity index (χ4n) is 1.19. The first-order valence-corrected chi connectivity index (χ1v) is 6.39. The molecule has 0 radical (unpaired) electrons. The van der Waals surface area contributed by atoms with Crippen molar-refractivity contribution in [3.05, 3.63) is 26.6 Å². The average molecular weight is 406 g/mol. The molecule has 3 nitrogen and oxygen atoms in total. The van der Waals surface area contributed by atoms with E-state index < -0.39 is 12.4 Å². The summed E-state index contributed by atoms with van der Waals surface area (Å²) >= 11 is 4.81. The van der Waals surface area contributed by atoms with Crippen LogP contribution in [0, 0.1) is 3.57 Å². The lowest BCUT2D eigenvalue weighted by molar-refractivity contribution is -0.136. The Bertz CT molecular complexity index is 415. The number of pyridine rings is 1. The highest BCUT2D eigenvalue weighted by molar-refractivity contribution is 14.1. The van der Waals surface area contributed by atoms with Gasteiger partial charge >= 0.3 is 5.97 Å². The van der Waals surface area contributed by atoms with Gasteiger partial charge in [-0.1, -0.05) is 15.9 Å². The van der Waals surface area contributed by atoms with Crippen molar-refractivity contribution in [2.45, 2.75) is 18.2 Å². The predicted octanol–water partition coefficient (Wildman–Crippen LogP) is 3.15. The molecule has 1 aromatic heterocycles. The zero-order valence-electron chi connectivity index (χ0n) is 7.88. The molecule has 88 valence electrons. The van der Waals surface area contributed by atoms with Gasteiger partial charge in [-0.25, -0.2) is 8.78 Å². The highest BCUT2D eigenvalue weighted by Crippen LogP contribution is 2.30. The summed E-state index contributed by atoms with van der Waals surface area (Å²) in [4.78, 5) is 14.4. The van der Waals surface area contributed by atoms with Gasteiger partial charge in [-0.2, -0.15) is 0 Å². The van der Waals surface area contributed by atoms with Crippen LogP contribution in [0.4, 0.5) is 8.78 Å². The summed E-state index contributed by atoms with van der Waals surface area (Å²) in [6.45, 7) is 0. The number of carboxylic acids is 1. The van der Waals surface area contributed by atoms with Crippen LogP contribution in [0.3, 0.4) is 0 Å². The Morgan fingerprint density at radius 3 is 2.69 bits per heavy atom. The fraction of sp³-hybridized carbons (Fsp3) is 0.333. The van der Waals surface area contributed by atoms with Crippen LogP contribution in [0.2, 0.25) is 0 Å². The van der Waals surface area contributed by atoms with Crippen molar-refractivity contribution in [1.29, 1.82) is 0 Å². The van der Waals surface area contributed by atoms with Crippen LogP contribution in [-0.4, -0.2) is 16.1 Å². The van der Waals surface area contributed by atoms with Crippen LogP contribution in [0.15, 0.2) is 6.20 Å². The Balaban J connectivity index is 3.26. The van der Waals surface area contributed by atoms with E-state index >= 15 is 0 Å². The standard InChI is InChI=1S/C9H7BrF2INO2/c10-2-4-3-14-5(1-6(15)16)8(13)7(4)9(11)12/h3,9H,1-2H2,(H,15,16). The Labute approximate surface area is 113 Å². The molecule has 0 fully saturated rings. The summed E-state index contributed by atoms with van der Waals surface area (Å²) in [7, 11) is 0. The second-order valence-electron chi connectivity index (χ2n) is 2.96. The molecule has 7 heteroatoms. The van der Waals surface area contributed by atoms with Gasteiger partial charge in [0.1, 0.15) is 0 Å². The van der Waals surface area contributed by atoms with Crippen LogP contribution in [0.25, 0.3) is 0 Å². The molecule has 1 rings (SSSR count). The topological polar surface area (TPSA) is 50.2 Å². The third-order valence-corrected chi connectivity index (χ3v) is 3.70. The number of aromatic nitrogens is 1. The quantitative estimate of drug-likeness (QED) is 0.618. The largest absolute Gasteiger partial charge is 0.481 e. The van der Waals surface area contributed by atoms with E-state index in [9.17, 15) is 13.6 Å². The van der Waals surface area contributed by atoms with Gasteiger partial charge in [0, 0.05) is 20.7 Å². The first-order valence-electron chi connectivity index (χ1n) is 4.19. The number of carboxylic acid groups (broad SMARTS) is 1. The molecular weight excluding hydrogens is 399 g/mol. The number of aliphatic carboxylic acids is 1. The minimum atomic E-state index is -2.63. The van der Waals surface area contributed by atoms with Crippen LogP contribution in [-0.2, 0) is 16.5 Å². The minimum Gasteiger partial charge on any atom is -0.481 e. The molecule has 1 aromatic rings. The molecule has 0 amide bonds. The van der Waals surface area contributed by atoms with Gasteiger partial charge in [0.05, 0.1) is 12.1 Å². The summed E-state index contributed by atoms with van der Waals surface area (Å²) < 4.78 is 25.8. The molecule has 0 aliphatic rings. The number of hydrogen-bond acceptors (Lipinski definition) is 2. The van der Waals surface area contributed by atoms with Gasteiger partial charge in [-0.3, -0.25) is 9.78 Å². The van der Waals surface area contributed by atoms with E-state index in [0.717, 1.165) is 0 Å². The number of carbonyl (C=O) groups is 1. The maximum absolute atomic E-state index is 12.8. The maximum atomic E-state index is 12.8. The van der Waals surface area contributed by atoms with Crippen molar-refractivity contribution in [3.63, 3.8) is 0 Å². The zero-order chi connectivity index (χ0) is 12.3. The summed E-state index contributed by atoms with van der Waals surface area (Å²) in [6, 6.07) is 0. The molecule has 0 aliphatic heterocycles. The summed E-state index contributed by atoms with van der Waals surface area (Å²) in [5.41, 5.74) is 0.422. The zero-order valence-corrected chi connectivity index (χ0v) is 11.6. The van der Waals surface area contributed by atoms with Crippen LogP contribution >= 0.6 is 38.5 Å². The first kappa shape index (κ1) is 13.8. The van der Waals surface area contributed by atoms with E-state index in [1.807, 2.05) is 0 Å². The lowest BCUT2D eigenvalue weighted by Crippen LogP contribution is -2.08. The number of alkyl halides is 3. The molecule has 1 heterocycles. The Morgan fingerprint density at radius 1 is 1.62 bits per heavy atom. The minimum absolute atomic E-state index is 0.135. The average Bonchev–Trinajstić information content (AvgIpc) is 2.19. The van der Waals surface area contributed by atoms with E-state index in [0.29, 0.717) is 5.56 Å². The highest BCUT2D eigenvalue weighted by Gasteiger charge is 2.20. The van der Waals surface area contributed by atoms with Crippen molar-refractivity contribution in [2.24, 2.45) is 0 Å². The number of nitrogens with zero attached hydrogens (tertiary/aromatic N) is 1. The van der Waals surface area contributed by atoms with Gasteiger partial charge in [0.2, 0.25) is 0 Å². The van der Waals surface area contributed by atoms with Crippen molar-refractivity contribution in [3.8, 4) is 0 Å². The Kier molecular flexibility index (Phi) is 5.03. The molecule has 0 saturated carbocycles. The maximum Gasteiger partial charge on any atom is 0.309 e. The second-order valence-corrected chi connectivity index (χ2v) is 4.60. The molecular formula is C9H7BrF2INO2. The summed E-state index contributed by atoms with van der Waals surface area (Å²) in [5.74, 6) is -1.09. The van der Waals surface area contributed by atoms with Crippen molar-refractivity contribution >= 4 is 44.5 Å². The van der Waals surface area contributed by atoms with Gasteiger partial charge in [0.25, 0.3) is 6.43 Å². The summed E-state index contributed by atoms with van der Waals surface area (Å²) in [6.07, 6.45) is -1.69. The van der Waals surface area contributed by atoms with Gasteiger partial charge < -0.3 is 5.11 Å². The van der Waals surface area contributed by atoms with E-state index in [1.54, 1.807) is 22.6 Å². The van der Waals surface area contributed by atoms with Crippen LogP contribution < -0.4 is 0 Å². The number of hydrogen-bond donors (Lipinski definition) is 1. The molecule has 0 aliphatic carbocycles. The monoisotopic (exact) mass is 405 g/mol.